The molecule has 2 aliphatic heterocycles. The van der Waals surface area contributed by atoms with E-state index in [0.717, 1.165) is 36.5 Å². The van der Waals surface area contributed by atoms with E-state index in [1.807, 2.05) is 38.1 Å². The lowest BCUT2D eigenvalue weighted by atomic mass is 10.2. The summed E-state index contributed by atoms with van der Waals surface area (Å²) in [4.78, 5) is 38.3. The van der Waals surface area contributed by atoms with Crippen LogP contribution >= 0.6 is 24.0 Å². The number of piperazine rings is 1. The van der Waals surface area contributed by atoms with Crippen molar-refractivity contribution in [3.63, 3.8) is 0 Å². The largest absolute Gasteiger partial charge is 0.497 e. The van der Waals surface area contributed by atoms with Crippen LogP contribution in [0.2, 0.25) is 0 Å². The van der Waals surface area contributed by atoms with Crippen molar-refractivity contribution in [1.29, 1.82) is 0 Å². The predicted octanol–water partition coefficient (Wildman–Crippen LogP) is 3.95. The van der Waals surface area contributed by atoms with E-state index >= 15 is 0 Å². The Morgan fingerprint density at radius 1 is 1.08 bits per heavy atom. The molecule has 2 aliphatic rings. The number of pyridine rings is 1. The Morgan fingerprint density at radius 3 is 2.46 bits per heavy atom. The second-order valence-electron chi connectivity index (χ2n) is 9.04. The maximum absolute atomic E-state index is 13.7. The van der Waals surface area contributed by atoms with Crippen molar-refractivity contribution in [2.45, 2.75) is 20.3 Å². The number of thiocarbonyl (C=S) groups is 1. The van der Waals surface area contributed by atoms with Gasteiger partial charge in [-0.25, -0.2) is 4.98 Å². The highest BCUT2D eigenvalue weighted by Gasteiger charge is 2.32. The van der Waals surface area contributed by atoms with Crippen LogP contribution in [0.4, 0.5) is 11.5 Å². The minimum Gasteiger partial charge on any atom is -0.497 e. The zero-order valence-corrected chi connectivity index (χ0v) is 22.8. The number of aromatic nitrogens is 2. The lowest BCUT2D eigenvalue weighted by molar-refractivity contribution is -0.122. The van der Waals surface area contributed by atoms with Gasteiger partial charge in [-0.1, -0.05) is 37.0 Å². The topological polar surface area (TPSA) is 70.4 Å². The predicted molar refractivity (Wildman–Crippen MR) is 154 cm³/mol. The number of hydrogen-bond acceptors (Lipinski definition) is 8. The zero-order valence-electron chi connectivity index (χ0n) is 21.1. The Morgan fingerprint density at radius 2 is 1.78 bits per heavy atom. The van der Waals surface area contributed by atoms with Crippen LogP contribution in [0.25, 0.3) is 11.7 Å². The Balaban J connectivity index is 1.51. The molecule has 0 saturated carbocycles. The van der Waals surface area contributed by atoms with Gasteiger partial charge in [-0.3, -0.25) is 18.9 Å². The third-order valence-corrected chi connectivity index (χ3v) is 8.05. The molecule has 2 saturated heterocycles. The highest BCUT2D eigenvalue weighted by atomic mass is 32.2. The number of hydrogen-bond donors (Lipinski definition) is 0. The maximum Gasteiger partial charge on any atom is 0.267 e. The number of aryl methyl sites for hydroxylation is 1. The standard InChI is InChI=1S/C27H29N5O3S2/c1-4-11-32-26(34)22(37-27(32)36)17-21-24(28-23-18(2)6-5-12-31(23)25(21)33)30-15-13-29(14-16-30)19-7-9-20(35-3)10-8-19/h5-10,12,17H,4,11,13-16H2,1-3H3/b22-17-. The molecule has 2 fully saturated rings. The molecule has 8 nitrogen and oxygen atoms in total. The molecular weight excluding hydrogens is 506 g/mol. The van der Waals surface area contributed by atoms with Crippen molar-refractivity contribution >= 4 is 57.4 Å². The van der Waals surface area contributed by atoms with Gasteiger partial charge in [0, 0.05) is 44.6 Å². The van der Waals surface area contributed by atoms with Gasteiger partial charge in [0.05, 0.1) is 17.6 Å². The second kappa shape index (κ2) is 10.5. The van der Waals surface area contributed by atoms with Crippen LogP contribution in [0, 0.1) is 6.92 Å². The summed E-state index contributed by atoms with van der Waals surface area (Å²) in [7, 11) is 1.66. The smallest absolute Gasteiger partial charge is 0.267 e. The summed E-state index contributed by atoms with van der Waals surface area (Å²) in [6.07, 6.45) is 4.22. The van der Waals surface area contributed by atoms with Gasteiger partial charge in [0.15, 0.2) is 0 Å². The molecule has 1 amide bonds. The number of benzene rings is 1. The number of methoxy groups -OCH3 is 1. The Kier molecular flexibility index (Phi) is 7.21. The first-order chi connectivity index (χ1) is 17.9. The number of carbonyl (C=O) groups excluding carboxylic acids is 1. The van der Waals surface area contributed by atoms with Gasteiger partial charge >= 0.3 is 0 Å². The zero-order chi connectivity index (χ0) is 26.1. The van der Waals surface area contributed by atoms with Crippen molar-refractivity contribution in [2.75, 3.05) is 49.6 Å². The number of rotatable bonds is 6. The minimum atomic E-state index is -0.193. The number of amides is 1. The normalized spacial score (nSPS) is 17.4. The summed E-state index contributed by atoms with van der Waals surface area (Å²) in [6.45, 7) is 7.46. The maximum atomic E-state index is 13.7. The lowest BCUT2D eigenvalue weighted by Gasteiger charge is -2.37. The Hall–Kier alpha value is -3.37. The third-order valence-electron chi connectivity index (χ3n) is 6.68. The molecule has 0 unspecified atom stereocenters. The number of anilines is 2. The first-order valence-corrected chi connectivity index (χ1v) is 13.5. The van der Waals surface area contributed by atoms with Gasteiger partial charge in [-0.15, -0.1) is 0 Å². The Labute approximate surface area is 225 Å². The van der Waals surface area contributed by atoms with Crippen LogP contribution in [0.1, 0.15) is 24.5 Å². The number of nitrogens with zero attached hydrogens (tertiary/aromatic N) is 5. The SMILES string of the molecule is CCCN1C(=O)/C(=C/c2c(N3CCN(c4ccc(OC)cc4)CC3)nc3c(C)cccn3c2=O)SC1=S. The van der Waals surface area contributed by atoms with Gasteiger partial charge in [-0.2, -0.15) is 0 Å². The molecule has 192 valence electrons. The fourth-order valence-electron chi connectivity index (χ4n) is 4.68. The van der Waals surface area contributed by atoms with Gasteiger partial charge in [-0.05, 0) is 55.3 Å². The molecule has 0 N–H and O–H groups in total. The second-order valence-corrected chi connectivity index (χ2v) is 10.7. The van der Waals surface area contributed by atoms with E-state index in [1.54, 1.807) is 28.7 Å². The fraction of sp³-hybridized carbons (Fsp3) is 0.333. The molecule has 1 aromatic carbocycles. The lowest BCUT2D eigenvalue weighted by Crippen LogP contribution is -2.47. The van der Waals surface area contributed by atoms with Gasteiger partial charge in [0.2, 0.25) is 0 Å². The van der Waals surface area contributed by atoms with E-state index in [9.17, 15) is 9.59 Å². The first-order valence-electron chi connectivity index (χ1n) is 12.3. The highest BCUT2D eigenvalue weighted by molar-refractivity contribution is 8.26. The summed E-state index contributed by atoms with van der Waals surface area (Å²) < 4.78 is 7.37. The van der Waals surface area contributed by atoms with Crippen LogP contribution in [-0.2, 0) is 4.79 Å². The van der Waals surface area contributed by atoms with Crippen molar-refractivity contribution in [3.05, 3.63) is 69.0 Å². The van der Waals surface area contributed by atoms with E-state index < -0.39 is 0 Å². The summed E-state index contributed by atoms with van der Waals surface area (Å²) in [6, 6.07) is 11.8. The molecule has 4 heterocycles. The van der Waals surface area contributed by atoms with E-state index in [1.165, 1.54) is 11.8 Å². The van der Waals surface area contributed by atoms with E-state index in [2.05, 4.69) is 21.9 Å². The molecule has 0 radical (unpaired) electrons. The molecule has 10 heteroatoms. The highest BCUT2D eigenvalue weighted by Crippen LogP contribution is 2.34. The molecule has 2 aromatic heterocycles. The van der Waals surface area contributed by atoms with E-state index in [-0.39, 0.29) is 11.5 Å². The molecule has 37 heavy (non-hydrogen) atoms. The molecule has 0 bridgehead atoms. The van der Waals surface area contributed by atoms with Crippen LogP contribution in [0.3, 0.4) is 0 Å². The van der Waals surface area contributed by atoms with E-state index in [4.69, 9.17) is 21.9 Å². The van der Waals surface area contributed by atoms with Crippen molar-refractivity contribution in [1.82, 2.24) is 14.3 Å². The molecule has 3 aromatic rings. The summed E-state index contributed by atoms with van der Waals surface area (Å²) in [5.41, 5.74) is 2.89. The van der Waals surface area contributed by atoms with Crippen LogP contribution in [0.5, 0.6) is 5.75 Å². The molecular formula is C27H29N5O3S2. The van der Waals surface area contributed by atoms with Crippen molar-refractivity contribution in [3.8, 4) is 5.75 Å². The average molecular weight is 536 g/mol. The van der Waals surface area contributed by atoms with Crippen molar-refractivity contribution < 1.29 is 9.53 Å². The average Bonchev–Trinajstić information content (AvgIpc) is 3.18. The summed E-state index contributed by atoms with van der Waals surface area (Å²) in [5, 5.41) is 0. The van der Waals surface area contributed by atoms with Crippen LogP contribution in [0.15, 0.2) is 52.3 Å². The van der Waals surface area contributed by atoms with Crippen LogP contribution < -0.4 is 20.1 Å². The number of thioether (sulfide) groups is 1. The van der Waals surface area contributed by atoms with Crippen molar-refractivity contribution in [2.24, 2.45) is 0 Å². The minimum absolute atomic E-state index is 0.152. The quantitative estimate of drug-likeness (QED) is 0.347. The van der Waals surface area contributed by atoms with Crippen LogP contribution in [-0.4, -0.2) is 64.3 Å². The Bertz CT molecular complexity index is 1440. The summed E-state index contributed by atoms with van der Waals surface area (Å²) >= 11 is 6.69. The molecule has 0 atom stereocenters. The number of ether oxygens (including phenoxy) is 1. The molecule has 0 aliphatic carbocycles. The molecule has 0 spiro atoms. The third kappa shape index (κ3) is 4.83. The summed E-state index contributed by atoms with van der Waals surface area (Å²) in [5.74, 6) is 1.28. The van der Waals surface area contributed by atoms with Gasteiger partial charge in [0.25, 0.3) is 11.5 Å². The van der Waals surface area contributed by atoms with E-state index in [0.29, 0.717) is 45.9 Å². The monoisotopic (exact) mass is 535 g/mol. The number of carbonyl (C=O) groups is 1. The fourth-order valence-corrected chi connectivity index (χ4v) is 5.98. The van der Waals surface area contributed by atoms with Gasteiger partial charge in [0.1, 0.15) is 21.5 Å². The van der Waals surface area contributed by atoms with Gasteiger partial charge < -0.3 is 14.5 Å². The molecule has 5 rings (SSSR count). The first kappa shape index (κ1) is 25.3. The number of fused-ring (bicyclic) bond motifs is 1.